The summed E-state index contributed by atoms with van der Waals surface area (Å²) in [7, 11) is -3.21. The molecule has 0 aliphatic rings. The van der Waals surface area contributed by atoms with Gasteiger partial charge in [-0.1, -0.05) is 298 Å². The molecule has 12 heteroatoms. The number of fused-ring (bicyclic) bond motifs is 2. The summed E-state index contributed by atoms with van der Waals surface area (Å²) in [5.74, 6) is 2.97. The second-order valence-corrected chi connectivity index (χ2v) is 47.6. The Kier molecular flexibility index (Phi) is 25.0. The molecule has 9 aromatic carbocycles. The average Bonchev–Trinajstić information content (AvgIpc) is 1.60. The number of phenolic OH excluding ortho intramolecular Hbond substituents is 2. The van der Waals surface area contributed by atoms with Gasteiger partial charge in [0.05, 0.1) is 55.0 Å². The van der Waals surface area contributed by atoms with Crippen molar-refractivity contribution in [2.75, 3.05) is 0 Å². The first-order chi connectivity index (χ1) is 51.0. The Balaban J connectivity index is 0.000000245. The summed E-state index contributed by atoms with van der Waals surface area (Å²) in [6.45, 7) is 57.0. The summed E-state index contributed by atoms with van der Waals surface area (Å²) in [5.41, 5.74) is 27.6. The minimum atomic E-state index is -1.67. The summed E-state index contributed by atoms with van der Waals surface area (Å²) in [6, 6.07) is 69.7. The van der Waals surface area contributed by atoms with E-state index in [1.54, 1.807) is 6.07 Å². The van der Waals surface area contributed by atoms with E-state index in [0.29, 0.717) is 29.0 Å². The van der Waals surface area contributed by atoms with Gasteiger partial charge in [0, 0.05) is 77.2 Å². The van der Waals surface area contributed by atoms with Crippen LogP contribution in [0.4, 0.5) is 0 Å². The van der Waals surface area contributed by atoms with E-state index in [1.165, 1.54) is 43.8 Å². The number of benzene rings is 9. The average molecular weight is 1870 g/mol. The van der Waals surface area contributed by atoms with Gasteiger partial charge < -0.3 is 10.2 Å². The molecule has 0 radical (unpaired) electrons. The van der Waals surface area contributed by atoms with E-state index in [2.05, 4.69) is 350 Å². The summed E-state index contributed by atoms with van der Waals surface area (Å²) in [6.07, 6.45) is 6.32. The molecule has 13 aromatic rings. The number of hydrogen-bond acceptors (Lipinski definition) is 6. The fourth-order valence-corrected chi connectivity index (χ4v) is 18.5. The smallest absolute Gasteiger partial charge is 0.148 e. The first kappa shape index (κ1) is 85.1. The van der Waals surface area contributed by atoms with Crippen LogP contribution in [0.2, 0.25) is 39.3 Å². The number of pyridine rings is 2. The number of aromatic nitrogens is 6. The van der Waals surface area contributed by atoms with Crippen molar-refractivity contribution in [2.45, 2.75) is 205 Å². The zero-order valence-electron chi connectivity index (χ0n) is 70.2. The van der Waals surface area contributed by atoms with Crippen LogP contribution in [0.1, 0.15) is 161 Å². The van der Waals surface area contributed by atoms with Crippen molar-refractivity contribution in [3.8, 4) is 102 Å². The number of para-hydroxylation sites is 4. The third kappa shape index (κ3) is 18.3. The molecule has 0 amide bonds. The van der Waals surface area contributed by atoms with Gasteiger partial charge >= 0.3 is 0 Å². The Labute approximate surface area is 693 Å². The second kappa shape index (κ2) is 32.6. The first-order valence-electron chi connectivity index (χ1n) is 39.1. The molecule has 0 atom stereocenters. The van der Waals surface area contributed by atoms with Gasteiger partial charge in [-0.05, 0) is 153 Å². The van der Waals surface area contributed by atoms with Gasteiger partial charge in [0.2, 0.25) is 0 Å². The van der Waals surface area contributed by atoms with Crippen molar-refractivity contribution in [2.24, 2.45) is 11.8 Å². The zero-order chi connectivity index (χ0) is 78.9. The Hall–Kier alpha value is -8.37. The van der Waals surface area contributed by atoms with E-state index in [0.717, 1.165) is 124 Å². The van der Waals surface area contributed by atoms with E-state index in [4.69, 9.17) is 19.9 Å². The van der Waals surface area contributed by atoms with Gasteiger partial charge in [0.1, 0.15) is 23.1 Å². The SMILES string of the molecule is CC(C)Cc1cc(-c2[c-]c(-c3cccc4c3nc(-c3cc(C(C)(C)C)cc(C(C)(C)C)c3O)n4-c3ccccc3)cc(-c3cc(C(C)(C)C)cc(C(C)(C)C)c3)c2)ncc1[Si](C)(C)C.Cc1cc(C)c(-n2c(-c3ccccc3O)nc3c(-c4[c-]c(-c5cc(CC(C)C)c([Si](C)(C)C)cn5)ccc4)cccc32)c(C)c1.[Pt].[Pt]. The Morgan fingerprint density at radius 3 is 1.35 bits per heavy atom. The molecule has 582 valence electrons. The molecule has 0 fully saturated rings. The minimum Gasteiger partial charge on any atom is -0.507 e. The number of imidazole rings is 2. The number of rotatable bonds is 15. The quantitative estimate of drug-likeness (QED) is 0.0783. The van der Waals surface area contributed by atoms with E-state index < -0.39 is 16.1 Å². The van der Waals surface area contributed by atoms with E-state index in [9.17, 15) is 10.2 Å². The predicted molar refractivity (Wildman–Crippen MR) is 469 cm³/mol. The molecular formula is C99H114N6O2Pt2Si2-2. The van der Waals surface area contributed by atoms with Crippen LogP contribution in [0.3, 0.4) is 0 Å². The molecule has 0 saturated heterocycles. The number of nitrogens with zero attached hydrogens (tertiary/aromatic N) is 6. The van der Waals surface area contributed by atoms with Crippen molar-refractivity contribution >= 4 is 48.6 Å². The van der Waals surface area contributed by atoms with Crippen LogP contribution >= 0.6 is 0 Å². The zero-order valence-corrected chi connectivity index (χ0v) is 76.7. The fraction of sp³-hybridized carbons (Fsp3) is 0.333. The molecule has 13 rings (SSSR count). The van der Waals surface area contributed by atoms with Gasteiger partial charge in [-0.25, -0.2) is 9.97 Å². The summed E-state index contributed by atoms with van der Waals surface area (Å²) in [5, 5.41) is 26.1. The number of phenols is 2. The van der Waals surface area contributed by atoms with Crippen LogP contribution in [0, 0.1) is 44.7 Å². The maximum Gasteiger partial charge on any atom is 0.148 e. The van der Waals surface area contributed by atoms with Crippen LogP contribution < -0.4 is 10.4 Å². The molecule has 0 aliphatic carbocycles. The van der Waals surface area contributed by atoms with E-state index in [1.807, 2.05) is 24.3 Å². The summed E-state index contributed by atoms with van der Waals surface area (Å²) >= 11 is 0. The number of hydrogen-bond donors (Lipinski definition) is 2. The van der Waals surface area contributed by atoms with Crippen molar-refractivity contribution in [3.63, 3.8) is 0 Å². The topological polar surface area (TPSA) is 102 Å². The standard InChI is InChI=1S/C59H72N3OSi.C40H42N3OSi.2Pt/c1-37(2)26-42-32-50(60-36-52(42)64(15,16)17)41-28-38(39-30-43(56(3,4)5)33-44(31-39)57(6,7)8)27-40(29-41)47-24-21-25-51-53(47)61-55(62(51)46-22-19-18-20-23-46)48-34-45(58(9,10)11)35-49(54(48)63)59(12,13)14;1-25(2)19-31-23-34(41-24-37(31)45(6,7)8)30-14-11-13-29(22-30)32-16-12-17-35-38(32)42-40(33-15-9-10-18-36(33)44)43(35)39-27(4)20-26(3)21-28(39)5;;/h18-25,27-28,30-37,63H,26H2,1-17H3;9-18,20-21,23-25,44H,19H2,1-8H3;;/q2*-1;;. The third-order valence-corrected chi connectivity index (χ3v) is 25.2. The van der Waals surface area contributed by atoms with E-state index >= 15 is 0 Å². The van der Waals surface area contributed by atoms with Crippen LogP contribution in [0.15, 0.2) is 188 Å². The van der Waals surface area contributed by atoms with Crippen molar-refractivity contribution in [1.29, 1.82) is 0 Å². The van der Waals surface area contributed by atoms with Gasteiger partial charge in [-0.2, -0.15) is 0 Å². The maximum absolute atomic E-state index is 12.3. The van der Waals surface area contributed by atoms with Gasteiger partial charge in [0.25, 0.3) is 0 Å². The second-order valence-electron chi connectivity index (χ2n) is 37.5. The van der Waals surface area contributed by atoms with Crippen LogP contribution in [0.5, 0.6) is 11.5 Å². The van der Waals surface area contributed by atoms with Crippen LogP contribution in [-0.2, 0) is 76.6 Å². The molecule has 0 unspecified atom stereocenters. The van der Waals surface area contributed by atoms with Gasteiger partial charge in [-0.15, -0.1) is 53.6 Å². The van der Waals surface area contributed by atoms with Gasteiger partial charge in [-0.3, -0.25) is 19.1 Å². The summed E-state index contributed by atoms with van der Waals surface area (Å²) < 4.78 is 4.42. The first-order valence-corrected chi connectivity index (χ1v) is 46.1. The van der Waals surface area contributed by atoms with Gasteiger partial charge in [0.15, 0.2) is 0 Å². The Morgan fingerprint density at radius 1 is 0.414 bits per heavy atom. The fourth-order valence-electron chi connectivity index (χ4n) is 15.4. The molecule has 2 N–H and O–H groups in total. The molecule has 4 aromatic heterocycles. The largest absolute Gasteiger partial charge is 0.507 e. The molecule has 4 heterocycles. The van der Waals surface area contributed by atoms with Crippen molar-refractivity contribution in [1.82, 2.24) is 29.1 Å². The molecule has 0 bridgehead atoms. The molecule has 0 saturated carbocycles. The number of aromatic hydroxyl groups is 2. The Bertz CT molecular complexity index is 5530. The Morgan fingerprint density at radius 2 is 0.847 bits per heavy atom. The number of aryl methyl sites for hydroxylation is 3. The molecule has 111 heavy (non-hydrogen) atoms. The minimum absolute atomic E-state index is 0. The molecular weight excluding hydrogens is 1750 g/mol. The maximum atomic E-state index is 12.3. The van der Waals surface area contributed by atoms with E-state index in [-0.39, 0.29) is 75.3 Å². The molecule has 0 spiro atoms. The van der Waals surface area contributed by atoms with Crippen LogP contribution in [0.25, 0.3) is 112 Å². The molecule has 8 nitrogen and oxygen atoms in total. The van der Waals surface area contributed by atoms with Crippen LogP contribution in [-0.4, -0.2) is 55.4 Å². The summed E-state index contributed by atoms with van der Waals surface area (Å²) in [4.78, 5) is 21.1. The normalized spacial score (nSPS) is 12.4. The molecule has 0 aliphatic heterocycles. The van der Waals surface area contributed by atoms with Crippen molar-refractivity contribution in [3.05, 3.63) is 251 Å². The van der Waals surface area contributed by atoms with Crippen molar-refractivity contribution < 1.29 is 52.3 Å². The monoisotopic (exact) mass is 1860 g/mol. The third-order valence-electron chi connectivity index (χ3n) is 21.1. The predicted octanol–water partition coefficient (Wildman–Crippen LogP) is 25.1.